The van der Waals surface area contributed by atoms with Crippen LogP contribution in [0.1, 0.15) is 19.8 Å². The summed E-state index contributed by atoms with van der Waals surface area (Å²) in [5.74, 6) is -1.07. The van der Waals surface area contributed by atoms with Gasteiger partial charge in [0.15, 0.2) is 0 Å². The quantitative estimate of drug-likeness (QED) is 0.394. The summed E-state index contributed by atoms with van der Waals surface area (Å²) < 4.78 is 8.98. The van der Waals surface area contributed by atoms with Crippen molar-refractivity contribution in [3.63, 3.8) is 0 Å². The Bertz CT molecular complexity index is 289. The highest BCUT2D eigenvalue weighted by Crippen LogP contribution is 2.11. The zero-order valence-electron chi connectivity index (χ0n) is 9.33. The maximum atomic E-state index is 11.2. The van der Waals surface area contributed by atoms with Crippen LogP contribution < -0.4 is 0 Å². The highest BCUT2D eigenvalue weighted by molar-refractivity contribution is 5.96. The fraction of sp³-hybridized carbons (Fsp3) is 0.455. The van der Waals surface area contributed by atoms with Gasteiger partial charge < -0.3 is 9.47 Å². The fourth-order valence-corrected chi connectivity index (χ4v) is 0.913. The molecule has 0 unspecified atom stereocenters. The molecule has 0 aliphatic heterocycles. The number of methoxy groups -OCH3 is 2. The zero-order chi connectivity index (χ0) is 11.8. The smallest absolute Gasteiger partial charge is 0.333 e. The van der Waals surface area contributed by atoms with Crippen LogP contribution >= 0.6 is 0 Å². The number of hydrogen-bond donors (Lipinski definition) is 0. The predicted molar refractivity (Wildman–Crippen MR) is 56.2 cm³/mol. The summed E-state index contributed by atoms with van der Waals surface area (Å²) in [7, 11) is 2.53. The van der Waals surface area contributed by atoms with Crippen molar-refractivity contribution in [2.24, 2.45) is 0 Å². The molecule has 0 spiro atoms. The lowest BCUT2D eigenvalue weighted by molar-refractivity contribution is -0.138. The molecule has 0 bridgehead atoms. The van der Waals surface area contributed by atoms with Crippen LogP contribution in [0.15, 0.2) is 23.8 Å². The van der Waals surface area contributed by atoms with Gasteiger partial charge in [-0.05, 0) is 19.8 Å². The van der Waals surface area contributed by atoms with E-state index in [-0.39, 0.29) is 0 Å². The summed E-state index contributed by atoms with van der Waals surface area (Å²) in [5, 5.41) is 0. The third kappa shape index (κ3) is 5.67. The number of esters is 2. The Morgan fingerprint density at radius 2 is 1.80 bits per heavy atom. The molecule has 0 aliphatic rings. The fourth-order valence-electron chi connectivity index (χ4n) is 0.913. The molecular formula is C11H16O4. The van der Waals surface area contributed by atoms with Crippen molar-refractivity contribution in [3.05, 3.63) is 23.8 Å². The molecule has 0 saturated heterocycles. The van der Waals surface area contributed by atoms with E-state index >= 15 is 0 Å². The van der Waals surface area contributed by atoms with Gasteiger partial charge in [0.05, 0.1) is 14.2 Å². The van der Waals surface area contributed by atoms with Crippen molar-refractivity contribution in [1.82, 2.24) is 0 Å². The number of carbonyl (C=O) groups excluding carboxylic acids is 2. The Balaban J connectivity index is 4.58. The van der Waals surface area contributed by atoms with E-state index in [0.29, 0.717) is 18.4 Å². The molecule has 0 radical (unpaired) electrons. The van der Waals surface area contributed by atoms with E-state index in [9.17, 15) is 9.59 Å². The highest BCUT2D eigenvalue weighted by Gasteiger charge is 2.11. The number of ether oxygens (including phenoxy) is 2. The van der Waals surface area contributed by atoms with E-state index in [1.165, 1.54) is 14.2 Å². The van der Waals surface area contributed by atoms with Crippen LogP contribution in [0.2, 0.25) is 0 Å². The number of carbonyl (C=O) groups is 2. The average molecular weight is 212 g/mol. The van der Waals surface area contributed by atoms with Gasteiger partial charge >= 0.3 is 11.9 Å². The lowest BCUT2D eigenvalue weighted by Crippen LogP contribution is -2.08. The van der Waals surface area contributed by atoms with Crippen molar-refractivity contribution in [3.8, 4) is 0 Å². The second-order valence-corrected chi connectivity index (χ2v) is 3.14. The Morgan fingerprint density at radius 3 is 2.20 bits per heavy atom. The van der Waals surface area contributed by atoms with E-state index in [0.717, 1.165) is 11.6 Å². The first-order valence-electron chi connectivity index (χ1n) is 4.52. The molecule has 0 rings (SSSR count). The van der Waals surface area contributed by atoms with Crippen LogP contribution in [0.5, 0.6) is 0 Å². The molecule has 0 saturated carbocycles. The molecule has 84 valence electrons. The molecule has 0 fully saturated rings. The summed E-state index contributed by atoms with van der Waals surface area (Å²) in [5.41, 5.74) is 1.24. The maximum Gasteiger partial charge on any atom is 0.333 e. The van der Waals surface area contributed by atoms with E-state index < -0.39 is 11.9 Å². The van der Waals surface area contributed by atoms with Gasteiger partial charge in [-0.2, -0.15) is 0 Å². The van der Waals surface area contributed by atoms with Gasteiger partial charge in [-0.15, -0.1) is 6.58 Å². The van der Waals surface area contributed by atoms with E-state index in [4.69, 9.17) is 0 Å². The second kappa shape index (κ2) is 6.81. The minimum atomic E-state index is -0.558. The first-order valence-corrected chi connectivity index (χ1v) is 4.52. The van der Waals surface area contributed by atoms with Gasteiger partial charge in [0.1, 0.15) is 0 Å². The van der Waals surface area contributed by atoms with Crippen molar-refractivity contribution >= 4 is 11.9 Å². The lowest BCUT2D eigenvalue weighted by atomic mass is 10.1. The molecule has 0 N–H and O–H groups in total. The molecule has 0 aromatic rings. The highest BCUT2D eigenvalue weighted by atomic mass is 16.5. The average Bonchev–Trinajstić information content (AvgIpc) is 2.22. The van der Waals surface area contributed by atoms with Crippen molar-refractivity contribution in [1.29, 1.82) is 0 Å². The largest absolute Gasteiger partial charge is 0.466 e. The van der Waals surface area contributed by atoms with Crippen molar-refractivity contribution in [2.45, 2.75) is 19.8 Å². The van der Waals surface area contributed by atoms with Crippen LogP contribution in [0.3, 0.4) is 0 Å². The third-order valence-electron chi connectivity index (χ3n) is 1.76. The zero-order valence-corrected chi connectivity index (χ0v) is 9.33. The molecule has 4 nitrogen and oxygen atoms in total. The molecule has 0 amide bonds. The van der Waals surface area contributed by atoms with Crippen LogP contribution in [-0.4, -0.2) is 26.2 Å². The maximum absolute atomic E-state index is 11.2. The van der Waals surface area contributed by atoms with Gasteiger partial charge in [-0.1, -0.05) is 5.57 Å². The van der Waals surface area contributed by atoms with Crippen molar-refractivity contribution in [2.75, 3.05) is 14.2 Å². The first kappa shape index (κ1) is 13.4. The topological polar surface area (TPSA) is 52.6 Å². The van der Waals surface area contributed by atoms with Gasteiger partial charge in [0.25, 0.3) is 0 Å². The SMILES string of the molecule is C=C(C)CC/C(=C\C(=O)OC)C(=O)OC. The van der Waals surface area contributed by atoms with E-state index in [1.807, 2.05) is 6.92 Å². The lowest BCUT2D eigenvalue weighted by Gasteiger charge is -2.04. The van der Waals surface area contributed by atoms with Crippen LogP contribution in [0, 0.1) is 0 Å². The van der Waals surface area contributed by atoms with Crippen LogP contribution in [0.4, 0.5) is 0 Å². The third-order valence-corrected chi connectivity index (χ3v) is 1.76. The summed E-state index contributed by atoms with van der Waals surface area (Å²) in [6.45, 7) is 5.57. The summed E-state index contributed by atoms with van der Waals surface area (Å²) in [6, 6.07) is 0. The van der Waals surface area contributed by atoms with Crippen LogP contribution in [0.25, 0.3) is 0 Å². The Kier molecular flexibility index (Phi) is 6.09. The predicted octanol–water partition coefficient (Wildman–Crippen LogP) is 1.62. The van der Waals surface area contributed by atoms with Crippen molar-refractivity contribution < 1.29 is 19.1 Å². The minimum absolute atomic E-state index is 0.298. The minimum Gasteiger partial charge on any atom is -0.466 e. The summed E-state index contributed by atoms with van der Waals surface area (Å²) in [6.07, 6.45) is 2.21. The van der Waals surface area contributed by atoms with E-state index in [1.54, 1.807) is 0 Å². The Morgan fingerprint density at radius 1 is 1.20 bits per heavy atom. The molecule has 0 aliphatic carbocycles. The molecule has 0 aromatic carbocycles. The monoisotopic (exact) mass is 212 g/mol. The van der Waals surface area contributed by atoms with Gasteiger partial charge in [-0.3, -0.25) is 0 Å². The summed E-state index contributed by atoms with van der Waals surface area (Å²) >= 11 is 0. The van der Waals surface area contributed by atoms with Gasteiger partial charge in [0, 0.05) is 11.6 Å². The Labute approximate surface area is 89.6 Å². The second-order valence-electron chi connectivity index (χ2n) is 3.14. The molecule has 15 heavy (non-hydrogen) atoms. The van der Waals surface area contributed by atoms with Gasteiger partial charge in [-0.25, -0.2) is 9.59 Å². The van der Waals surface area contributed by atoms with Crippen LogP contribution in [-0.2, 0) is 19.1 Å². The summed E-state index contributed by atoms with van der Waals surface area (Å²) in [4.78, 5) is 22.2. The number of rotatable bonds is 5. The molecular weight excluding hydrogens is 196 g/mol. The number of allylic oxidation sites excluding steroid dienone is 1. The van der Waals surface area contributed by atoms with E-state index in [2.05, 4.69) is 16.1 Å². The Hall–Kier alpha value is -1.58. The molecule has 0 aromatic heterocycles. The molecule has 0 atom stereocenters. The normalized spacial score (nSPS) is 10.7. The molecule has 4 heteroatoms. The number of hydrogen-bond acceptors (Lipinski definition) is 4. The standard InChI is InChI=1S/C11H16O4/c1-8(2)5-6-9(11(13)15-4)7-10(12)14-3/h7H,1,5-6H2,2-4H3/b9-7+. The first-order chi connectivity index (χ1) is 7.01. The molecule has 0 heterocycles. The van der Waals surface area contributed by atoms with Gasteiger partial charge in [0.2, 0.25) is 0 Å².